The number of nitrogens with zero attached hydrogens (tertiary/aromatic N) is 1. The van der Waals surface area contributed by atoms with Crippen molar-refractivity contribution in [1.82, 2.24) is 0 Å². The van der Waals surface area contributed by atoms with Gasteiger partial charge in [0.1, 0.15) is 6.04 Å². The number of ether oxygens (including phenoxy) is 3. The van der Waals surface area contributed by atoms with Gasteiger partial charge in [-0.2, -0.15) is 0 Å². The van der Waals surface area contributed by atoms with E-state index in [4.69, 9.17) is 9.47 Å². The van der Waals surface area contributed by atoms with E-state index in [-0.39, 0.29) is 11.3 Å². The highest BCUT2D eigenvalue weighted by Gasteiger charge is 2.30. The molecule has 9 nitrogen and oxygen atoms in total. The van der Waals surface area contributed by atoms with E-state index in [2.05, 4.69) is 10.1 Å². The molecule has 2 rings (SSSR count). The summed E-state index contributed by atoms with van der Waals surface area (Å²) in [6.07, 6.45) is 1.01. The summed E-state index contributed by atoms with van der Waals surface area (Å²) in [5.41, 5.74) is 0.819. The molecule has 0 radical (unpaired) electrons. The maximum absolute atomic E-state index is 12.8. The monoisotopic (exact) mass is 436 g/mol. The molecule has 0 spiro atoms. The van der Waals surface area contributed by atoms with Crippen molar-refractivity contribution in [3.8, 4) is 11.5 Å². The third-order valence-electron chi connectivity index (χ3n) is 4.26. The Bertz CT molecular complexity index is 1040. The second-order valence-electron chi connectivity index (χ2n) is 6.34. The first-order chi connectivity index (χ1) is 14.1. The lowest BCUT2D eigenvalue weighted by atomic mass is 10.2. The quantitative estimate of drug-likeness (QED) is 0.632. The second-order valence-corrected chi connectivity index (χ2v) is 8.20. The highest BCUT2D eigenvalue weighted by molar-refractivity contribution is 7.92. The highest BCUT2D eigenvalue weighted by atomic mass is 32.2. The van der Waals surface area contributed by atoms with Crippen molar-refractivity contribution in [2.45, 2.75) is 13.0 Å². The van der Waals surface area contributed by atoms with Crippen molar-refractivity contribution in [3.63, 3.8) is 0 Å². The largest absolute Gasteiger partial charge is 0.493 e. The maximum Gasteiger partial charge on any atom is 0.337 e. The first kappa shape index (κ1) is 23.0. The summed E-state index contributed by atoms with van der Waals surface area (Å²) < 4.78 is 41.0. The number of amides is 1. The number of benzene rings is 2. The summed E-state index contributed by atoms with van der Waals surface area (Å²) in [6, 6.07) is 9.59. The Balaban J connectivity index is 2.35. The molecule has 162 valence electrons. The maximum atomic E-state index is 12.8. The first-order valence-electron chi connectivity index (χ1n) is 8.83. The van der Waals surface area contributed by atoms with E-state index >= 15 is 0 Å². The average molecular weight is 436 g/mol. The molecular formula is C20H24N2O7S. The molecule has 0 fully saturated rings. The van der Waals surface area contributed by atoms with E-state index in [1.54, 1.807) is 18.2 Å². The van der Waals surface area contributed by atoms with Crippen LogP contribution in [0.15, 0.2) is 42.5 Å². The molecule has 0 aliphatic heterocycles. The second kappa shape index (κ2) is 9.49. The summed E-state index contributed by atoms with van der Waals surface area (Å²) >= 11 is 0. The molecule has 0 aliphatic carbocycles. The van der Waals surface area contributed by atoms with Crippen molar-refractivity contribution in [1.29, 1.82) is 0 Å². The zero-order valence-electron chi connectivity index (χ0n) is 17.3. The minimum absolute atomic E-state index is 0.237. The number of carbonyl (C=O) groups excluding carboxylic acids is 2. The van der Waals surface area contributed by atoms with Gasteiger partial charge in [-0.25, -0.2) is 13.2 Å². The third-order valence-corrected chi connectivity index (χ3v) is 5.50. The summed E-state index contributed by atoms with van der Waals surface area (Å²) in [4.78, 5) is 24.5. The van der Waals surface area contributed by atoms with Crippen LogP contribution >= 0.6 is 0 Å². The van der Waals surface area contributed by atoms with Gasteiger partial charge >= 0.3 is 5.97 Å². The number of hydrogen-bond acceptors (Lipinski definition) is 7. The van der Waals surface area contributed by atoms with Crippen LogP contribution in [0, 0.1) is 0 Å². The Morgan fingerprint density at radius 2 is 1.67 bits per heavy atom. The predicted molar refractivity (Wildman–Crippen MR) is 113 cm³/mol. The standard InChI is InChI=1S/C20H24N2O7S/c1-13(19(23)21-15-8-6-7-14(11-15)20(24)29-4)22(30(5,25)26)16-9-10-17(27-2)18(12-16)28-3/h6-13H,1-5H3,(H,21,23)/t13-/m0/s1. The van der Waals surface area contributed by atoms with Crippen LogP contribution in [-0.2, 0) is 19.6 Å². The molecule has 2 aromatic rings. The summed E-state index contributed by atoms with van der Waals surface area (Å²) in [7, 11) is 0.320. The lowest BCUT2D eigenvalue weighted by molar-refractivity contribution is -0.116. The van der Waals surface area contributed by atoms with Gasteiger partial charge in [0, 0.05) is 11.8 Å². The van der Waals surface area contributed by atoms with Gasteiger partial charge in [-0.3, -0.25) is 9.10 Å². The van der Waals surface area contributed by atoms with Crippen molar-refractivity contribution < 1.29 is 32.2 Å². The van der Waals surface area contributed by atoms with Crippen LogP contribution in [0.1, 0.15) is 17.3 Å². The molecular weight excluding hydrogens is 412 g/mol. The highest BCUT2D eigenvalue weighted by Crippen LogP contribution is 2.33. The molecule has 1 atom stereocenters. The number of carbonyl (C=O) groups is 2. The van der Waals surface area contributed by atoms with E-state index in [9.17, 15) is 18.0 Å². The molecule has 0 aliphatic rings. The molecule has 1 amide bonds. The fourth-order valence-electron chi connectivity index (χ4n) is 2.86. The third kappa shape index (κ3) is 5.20. The van der Waals surface area contributed by atoms with Crippen molar-refractivity contribution >= 4 is 33.3 Å². The van der Waals surface area contributed by atoms with Gasteiger partial charge in [0.2, 0.25) is 15.9 Å². The van der Waals surface area contributed by atoms with Crippen LogP contribution < -0.4 is 19.1 Å². The van der Waals surface area contributed by atoms with Crippen molar-refractivity contribution in [3.05, 3.63) is 48.0 Å². The minimum Gasteiger partial charge on any atom is -0.493 e. The van der Waals surface area contributed by atoms with E-state index in [1.807, 2.05) is 0 Å². The van der Waals surface area contributed by atoms with Gasteiger partial charge in [-0.05, 0) is 37.3 Å². The van der Waals surface area contributed by atoms with E-state index < -0.39 is 27.9 Å². The molecule has 10 heteroatoms. The van der Waals surface area contributed by atoms with Gasteiger partial charge in [0.15, 0.2) is 11.5 Å². The molecule has 0 aromatic heterocycles. The van der Waals surface area contributed by atoms with Crippen LogP contribution in [0.25, 0.3) is 0 Å². The van der Waals surface area contributed by atoms with E-state index in [1.165, 1.54) is 52.5 Å². The van der Waals surface area contributed by atoms with E-state index in [0.717, 1.165) is 10.6 Å². The summed E-state index contributed by atoms with van der Waals surface area (Å²) in [6.45, 7) is 1.46. The van der Waals surface area contributed by atoms with Crippen molar-refractivity contribution in [2.24, 2.45) is 0 Å². The molecule has 30 heavy (non-hydrogen) atoms. The number of anilines is 2. The Morgan fingerprint density at radius 3 is 2.23 bits per heavy atom. The minimum atomic E-state index is -3.82. The molecule has 0 saturated carbocycles. The van der Waals surface area contributed by atoms with Crippen LogP contribution in [0.5, 0.6) is 11.5 Å². The SMILES string of the molecule is COC(=O)c1cccc(NC(=O)[C@H](C)N(c2ccc(OC)c(OC)c2)S(C)(=O)=O)c1. The lowest BCUT2D eigenvalue weighted by Crippen LogP contribution is -2.45. The molecule has 0 bridgehead atoms. The Hall–Kier alpha value is -3.27. The summed E-state index contributed by atoms with van der Waals surface area (Å²) in [5.74, 6) is -0.395. The van der Waals surface area contributed by atoms with Crippen LogP contribution in [0.2, 0.25) is 0 Å². The zero-order valence-corrected chi connectivity index (χ0v) is 18.1. The number of sulfonamides is 1. The molecule has 2 aromatic carbocycles. The van der Waals surface area contributed by atoms with Crippen LogP contribution in [-0.4, -0.2) is 53.9 Å². The number of rotatable bonds is 8. The Morgan fingerprint density at radius 1 is 1.00 bits per heavy atom. The van der Waals surface area contributed by atoms with Crippen LogP contribution in [0.3, 0.4) is 0 Å². The first-order valence-corrected chi connectivity index (χ1v) is 10.7. The van der Waals surface area contributed by atoms with Crippen LogP contribution in [0.4, 0.5) is 11.4 Å². The van der Waals surface area contributed by atoms with Gasteiger partial charge in [-0.1, -0.05) is 6.07 Å². The number of esters is 1. The lowest BCUT2D eigenvalue weighted by Gasteiger charge is -2.28. The van der Waals surface area contributed by atoms with Gasteiger partial charge < -0.3 is 19.5 Å². The zero-order chi connectivity index (χ0) is 22.5. The summed E-state index contributed by atoms with van der Waals surface area (Å²) in [5, 5.41) is 2.63. The average Bonchev–Trinajstić information content (AvgIpc) is 2.72. The molecule has 0 saturated heterocycles. The van der Waals surface area contributed by atoms with Gasteiger partial charge in [0.25, 0.3) is 0 Å². The molecule has 0 unspecified atom stereocenters. The predicted octanol–water partition coefficient (Wildman–Crippen LogP) is 2.28. The molecule has 0 heterocycles. The smallest absolute Gasteiger partial charge is 0.337 e. The Labute approximate surface area is 175 Å². The molecule has 1 N–H and O–H groups in total. The number of methoxy groups -OCH3 is 3. The number of hydrogen-bond donors (Lipinski definition) is 1. The van der Waals surface area contributed by atoms with Gasteiger partial charge in [0.05, 0.1) is 38.8 Å². The van der Waals surface area contributed by atoms with E-state index in [0.29, 0.717) is 17.2 Å². The topological polar surface area (TPSA) is 111 Å². The van der Waals surface area contributed by atoms with Gasteiger partial charge in [-0.15, -0.1) is 0 Å². The Kier molecular flexibility index (Phi) is 7.28. The fraction of sp³-hybridized carbons (Fsp3) is 0.300. The number of nitrogens with one attached hydrogen (secondary N) is 1. The normalized spacial score (nSPS) is 11.9. The van der Waals surface area contributed by atoms with Crippen molar-refractivity contribution in [2.75, 3.05) is 37.2 Å². The fourth-order valence-corrected chi connectivity index (χ4v) is 4.03.